The van der Waals surface area contributed by atoms with Crippen LogP contribution in [0.2, 0.25) is 0 Å². The molecule has 7 heavy (non-hydrogen) atoms. The maximum atomic E-state index is 3.77. The lowest BCUT2D eigenvalue weighted by atomic mass is 10.3. The lowest BCUT2D eigenvalue weighted by molar-refractivity contribution is 0.865. The Hall–Kier alpha value is 0.960. The van der Waals surface area contributed by atoms with Crippen LogP contribution in [0, 0.1) is 6.92 Å². The molecule has 2 unspecified atom stereocenters. The number of hydrogen-bond donors (Lipinski definition) is 0. The maximum Gasteiger partial charge on any atom is 0.0156 e. The minimum absolute atomic E-state index is 0.391. The predicted octanol–water partition coefficient (Wildman–Crippen LogP) is 2.76. The van der Waals surface area contributed by atoms with Crippen molar-refractivity contribution in [2.24, 2.45) is 0 Å². The second-order valence-electron chi connectivity index (χ2n) is 1.61. The quantitative estimate of drug-likeness (QED) is 0.638. The summed E-state index contributed by atoms with van der Waals surface area (Å²) in [6, 6.07) is 0. The summed E-state index contributed by atoms with van der Waals surface area (Å²) in [6.07, 6.45) is 1.08. The summed E-state index contributed by atoms with van der Waals surface area (Å²) in [5.74, 6) is 0. The largest absolute Gasteiger partial charge is 0.0893 e. The van der Waals surface area contributed by atoms with Crippen LogP contribution in [-0.2, 0) is 0 Å². The zero-order valence-electron chi connectivity index (χ0n) is 4.32. The highest BCUT2D eigenvalue weighted by atomic mass is 79.9. The minimum Gasteiger partial charge on any atom is -0.0893 e. The van der Waals surface area contributed by atoms with Gasteiger partial charge in [0, 0.05) is 9.65 Å². The molecule has 2 heteroatoms. The first-order valence-electron chi connectivity index (χ1n) is 2.24. The van der Waals surface area contributed by atoms with Crippen LogP contribution in [0.4, 0.5) is 0 Å². The van der Waals surface area contributed by atoms with E-state index in [0.29, 0.717) is 9.65 Å². The summed E-state index contributed by atoms with van der Waals surface area (Å²) in [5, 5.41) is 0. The highest BCUT2D eigenvalue weighted by molar-refractivity contribution is 9.10. The van der Waals surface area contributed by atoms with Gasteiger partial charge in [0.1, 0.15) is 0 Å². The first-order valence-corrected chi connectivity index (χ1v) is 4.07. The van der Waals surface area contributed by atoms with Crippen molar-refractivity contribution in [3.8, 4) is 0 Å². The normalized spacial score (nSPS) is 18.9. The van der Waals surface area contributed by atoms with Crippen molar-refractivity contribution in [2.75, 3.05) is 0 Å². The molecular weight excluding hydrogens is 220 g/mol. The van der Waals surface area contributed by atoms with E-state index in [1.165, 1.54) is 0 Å². The Morgan fingerprint density at radius 3 is 2.00 bits per heavy atom. The summed E-state index contributed by atoms with van der Waals surface area (Å²) in [6.45, 7) is 5.88. The molecule has 0 aliphatic carbocycles. The molecule has 1 radical (unpaired) electrons. The highest BCUT2D eigenvalue weighted by Crippen LogP contribution is 2.11. The Labute approximate surface area is 61.9 Å². The fourth-order valence-corrected chi connectivity index (χ4v) is 1.87. The summed E-state index contributed by atoms with van der Waals surface area (Å²) in [5.41, 5.74) is 0. The summed E-state index contributed by atoms with van der Waals surface area (Å²) in [7, 11) is 0. The third kappa shape index (κ3) is 6.96. The van der Waals surface area contributed by atoms with Crippen LogP contribution in [0.15, 0.2) is 0 Å². The Kier molecular flexibility index (Phi) is 4.44. The molecule has 0 fully saturated rings. The second kappa shape index (κ2) is 3.90. The molecule has 0 saturated carbocycles. The summed E-state index contributed by atoms with van der Waals surface area (Å²) >= 11 is 6.74. The average Bonchev–Trinajstić information content (AvgIpc) is 1.27. The lowest BCUT2D eigenvalue weighted by Crippen LogP contribution is -1.98. The molecule has 0 amide bonds. The van der Waals surface area contributed by atoms with Gasteiger partial charge in [-0.05, 0) is 13.3 Å². The zero-order valence-corrected chi connectivity index (χ0v) is 7.50. The van der Waals surface area contributed by atoms with Crippen molar-refractivity contribution >= 4 is 31.9 Å². The van der Waals surface area contributed by atoms with Gasteiger partial charge in [-0.15, -0.1) is 0 Å². The predicted molar refractivity (Wildman–Crippen MR) is 41.1 cm³/mol. The first-order chi connectivity index (χ1) is 3.13. The van der Waals surface area contributed by atoms with Crippen LogP contribution in [0.3, 0.4) is 0 Å². The lowest BCUT2D eigenvalue weighted by Gasteiger charge is -2.02. The Bertz CT molecular complexity index is 35.3. The molecule has 0 heterocycles. The molecule has 43 valence electrons. The third-order valence-electron chi connectivity index (χ3n) is 0.581. The Morgan fingerprint density at radius 1 is 1.57 bits per heavy atom. The van der Waals surface area contributed by atoms with E-state index in [4.69, 9.17) is 0 Å². The summed E-state index contributed by atoms with van der Waals surface area (Å²) in [4.78, 5) is 0.969. The van der Waals surface area contributed by atoms with E-state index in [0.717, 1.165) is 6.42 Å². The molecule has 0 saturated heterocycles. The van der Waals surface area contributed by atoms with Crippen LogP contribution < -0.4 is 0 Å². The van der Waals surface area contributed by atoms with Crippen LogP contribution in [0.25, 0.3) is 0 Å². The average molecular weight is 229 g/mol. The van der Waals surface area contributed by atoms with Crippen molar-refractivity contribution in [1.29, 1.82) is 0 Å². The third-order valence-corrected chi connectivity index (χ3v) is 1.33. The molecule has 0 aromatic rings. The molecule has 0 aromatic carbocycles. The van der Waals surface area contributed by atoms with E-state index in [-0.39, 0.29) is 0 Å². The van der Waals surface area contributed by atoms with E-state index >= 15 is 0 Å². The smallest absolute Gasteiger partial charge is 0.0156 e. The van der Waals surface area contributed by atoms with Gasteiger partial charge in [-0.1, -0.05) is 38.8 Å². The number of rotatable bonds is 2. The molecular formula is C5H9Br2. The van der Waals surface area contributed by atoms with Gasteiger partial charge >= 0.3 is 0 Å². The molecule has 2 atom stereocenters. The maximum absolute atomic E-state index is 3.77. The van der Waals surface area contributed by atoms with Gasteiger partial charge in [0.25, 0.3) is 0 Å². The van der Waals surface area contributed by atoms with Gasteiger partial charge in [-0.25, -0.2) is 0 Å². The van der Waals surface area contributed by atoms with Crippen molar-refractivity contribution in [1.82, 2.24) is 0 Å². The minimum atomic E-state index is 0.391. The molecule has 0 rings (SSSR count). The molecule has 0 bridgehead atoms. The fourth-order valence-electron chi connectivity index (χ4n) is 0.352. The van der Waals surface area contributed by atoms with E-state index in [1.807, 2.05) is 0 Å². The van der Waals surface area contributed by atoms with E-state index < -0.39 is 0 Å². The number of halogens is 2. The topological polar surface area (TPSA) is 0 Å². The van der Waals surface area contributed by atoms with E-state index in [9.17, 15) is 0 Å². The first kappa shape index (κ1) is 7.96. The molecule has 0 N–H and O–H groups in total. The van der Waals surface area contributed by atoms with E-state index in [1.54, 1.807) is 0 Å². The van der Waals surface area contributed by atoms with Crippen molar-refractivity contribution < 1.29 is 0 Å². The zero-order chi connectivity index (χ0) is 5.86. The van der Waals surface area contributed by atoms with Gasteiger partial charge in [0.05, 0.1) is 0 Å². The Morgan fingerprint density at radius 2 is 2.00 bits per heavy atom. The van der Waals surface area contributed by atoms with Crippen LogP contribution in [0.1, 0.15) is 13.3 Å². The van der Waals surface area contributed by atoms with Crippen molar-refractivity contribution in [3.63, 3.8) is 0 Å². The highest BCUT2D eigenvalue weighted by Gasteiger charge is 1.99. The van der Waals surface area contributed by atoms with Gasteiger partial charge in [0.15, 0.2) is 0 Å². The molecule has 0 nitrogen and oxygen atoms in total. The van der Waals surface area contributed by atoms with Gasteiger partial charge in [-0.3, -0.25) is 0 Å². The molecule has 0 aliphatic rings. The fraction of sp³-hybridized carbons (Fsp3) is 0.800. The standard InChI is InChI=1S/C5H9Br2/c1-4(6)3-5(2)7/h4-5H,1,3H2,2H3. The summed E-state index contributed by atoms with van der Waals surface area (Å²) < 4.78 is 0. The Balaban J connectivity index is 2.95. The second-order valence-corrected chi connectivity index (χ2v) is 4.47. The van der Waals surface area contributed by atoms with Gasteiger partial charge in [0.2, 0.25) is 0 Å². The number of hydrogen-bond acceptors (Lipinski definition) is 0. The monoisotopic (exact) mass is 227 g/mol. The number of alkyl halides is 2. The van der Waals surface area contributed by atoms with Crippen LogP contribution in [0.5, 0.6) is 0 Å². The van der Waals surface area contributed by atoms with E-state index in [2.05, 4.69) is 45.7 Å². The van der Waals surface area contributed by atoms with Crippen LogP contribution >= 0.6 is 31.9 Å². The molecule has 0 aromatic heterocycles. The molecule has 0 aliphatic heterocycles. The van der Waals surface area contributed by atoms with Gasteiger partial charge in [-0.2, -0.15) is 0 Å². The van der Waals surface area contributed by atoms with Crippen molar-refractivity contribution in [2.45, 2.75) is 23.0 Å². The molecule has 0 spiro atoms. The van der Waals surface area contributed by atoms with Crippen molar-refractivity contribution in [3.05, 3.63) is 6.92 Å². The van der Waals surface area contributed by atoms with Gasteiger partial charge < -0.3 is 0 Å². The van der Waals surface area contributed by atoms with Crippen LogP contribution in [-0.4, -0.2) is 9.65 Å². The SMILES string of the molecule is [CH2]C(Br)CC(C)Br.